The number of aliphatic imine (C=N–C) groups is 1. The third kappa shape index (κ3) is 6.70. The van der Waals surface area contributed by atoms with E-state index in [1.165, 1.54) is 5.56 Å². The molecule has 19 heavy (non-hydrogen) atoms. The molecular weight excluding hydrogens is 238 g/mol. The fraction of sp³-hybridized carbons (Fsp3) is 0.533. The van der Waals surface area contributed by atoms with E-state index in [9.17, 15) is 0 Å². The largest absolute Gasteiger partial charge is 0.494 e. The quantitative estimate of drug-likeness (QED) is 0.430. The van der Waals surface area contributed by atoms with Crippen molar-refractivity contribution in [2.24, 2.45) is 10.7 Å². The molecule has 106 valence electrons. The van der Waals surface area contributed by atoms with E-state index in [2.05, 4.69) is 29.4 Å². The molecule has 0 bridgehead atoms. The van der Waals surface area contributed by atoms with E-state index in [4.69, 9.17) is 10.5 Å². The van der Waals surface area contributed by atoms with Gasteiger partial charge in [-0.25, -0.2) is 0 Å². The Balaban J connectivity index is 2.32. The molecule has 0 saturated carbocycles. The Labute approximate surface area is 116 Å². The van der Waals surface area contributed by atoms with Crippen molar-refractivity contribution in [3.63, 3.8) is 0 Å². The van der Waals surface area contributed by atoms with Crippen LogP contribution in [0.5, 0.6) is 5.75 Å². The Bertz CT molecular complexity index is 391. The molecule has 0 aliphatic carbocycles. The van der Waals surface area contributed by atoms with Crippen LogP contribution in [0, 0.1) is 0 Å². The zero-order valence-corrected chi connectivity index (χ0v) is 12.0. The average molecular weight is 263 g/mol. The van der Waals surface area contributed by atoms with E-state index < -0.39 is 0 Å². The minimum Gasteiger partial charge on any atom is -0.494 e. The summed E-state index contributed by atoms with van der Waals surface area (Å²) in [7, 11) is 0. The standard InChI is InChI=1S/C15H25N3O/c1-3-5-10-17-15(16)18-11-9-13-7-6-8-14(12-13)19-4-2/h6-8,12H,3-5,9-11H2,1-2H3,(H3,16,17,18). The topological polar surface area (TPSA) is 59.6 Å². The lowest BCUT2D eigenvalue weighted by Crippen LogP contribution is -2.33. The summed E-state index contributed by atoms with van der Waals surface area (Å²) in [6, 6.07) is 8.14. The fourth-order valence-corrected chi connectivity index (χ4v) is 1.71. The second-order valence-electron chi connectivity index (χ2n) is 4.38. The molecule has 3 N–H and O–H groups in total. The van der Waals surface area contributed by atoms with Crippen LogP contribution in [-0.2, 0) is 6.42 Å². The van der Waals surface area contributed by atoms with Gasteiger partial charge in [0.15, 0.2) is 5.96 Å². The molecule has 0 aromatic heterocycles. The van der Waals surface area contributed by atoms with Gasteiger partial charge in [0.1, 0.15) is 5.75 Å². The van der Waals surface area contributed by atoms with E-state index in [0.29, 0.717) is 12.6 Å². The van der Waals surface area contributed by atoms with Gasteiger partial charge in [0.25, 0.3) is 0 Å². The van der Waals surface area contributed by atoms with Gasteiger partial charge in [-0.05, 0) is 37.5 Å². The Hall–Kier alpha value is -1.71. The van der Waals surface area contributed by atoms with E-state index in [-0.39, 0.29) is 0 Å². The molecule has 0 heterocycles. The van der Waals surface area contributed by atoms with Crippen LogP contribution in [0.25, 0.3) is 0 Å². The van der Waals surface area contributed by atoms with Crippen LogP contribution in [0.2, 0.25) is 0 Å². The molecular formula is C15H25N3O. The first kappa shape index (κ1) is 15.3. The molecule has 0 amide bonds. The Morgan fingerprint density at radius 1 is 1.37 bits per heavy atom. The van der Waals surface area contributed by atoms with Gasteiger partial charge < -0.3 is 15.8 Å². The number of benzene rings is 1. The smallest absolute Gasteiger partial charge is 0.188 e. The van der Waals surface area contributed by atoms with Gasteiger partial charge in [0.2, 0.25) is 0 Å². The van der Waals surface area contributed by atoms with Gasteiger partial charge in [-0.3, -0.25) is 4.99 Å². The Morgan fingerprint density at radius 2 is 2.21 bits per heavy atom. The molecule has 0 radical (unpaired) electrons. The van der Waals surface area contributed by atoms with Crippen molar-refractivity contribution < 1.29 is 4.74 Å². The van der Waals surface area contributed by atoms with Gasteiger partial charge in [-0.1, -0.05) is 25.5 Å². The second kappa shape index (κ2) is 9.25. The third-order valence-electron chi connectivity index (χ3n) is 2.72. The maximum absolute atomic E-state index is 5.77. The van der Waals surface area contributed by atoms with Gasteiger partial charge in [0.05, 0.1) is 6.61 Å². The highest BCUT2D eigenvalue weighted by molar-refractivity contribution is 5.77. The maximum atomic E-state index is 5.77. The normalized spacial score (nSPS) is 11.4. The van der Waals surface area contributed by atoms with E-state index >= 15 is 0 Å². The molecule has 1 aromatic carbocycles. The Kier molecular flexibility index (Phi) is 7.47. The van der Waals surface area contributed by atoms with Crippen molar-refractivity contribution in [1.29, 1.82) is 0 Å². The number of guanidine groups is 1. The predicted molar refractivity (Wildman–Crippen MR) is 80.7 cm³/mol. The number of unbranched alkanes of at least 4 members (excludes halogenated alkanes) is 1. The predicted octanol–water partition coefficient (Wildman–Crippen LogP) is 2.33. The molecule has 0 unspecified atom stereocenters. The molecule has 4 heteroatoms. The number of hydrogen-bond acceptors (Lipinski definition) is 2. The van der Waals surface area contributed by atoms with Gasteiger partial charge in [-0.15, -0.1) is 0 Å². The van der Waals surface area contributed by atoms with Gasteiger partial charge in [0, 0.05) is 13.1 Å². The van der Waals surface area contributed by atoms with Crippen LogP contribution in [0.4, 0.5) is 0 Å². The van der Waals surface area contributed by atoms with E-state index in [1.807, 2.05) is 19.1 Å². The van der Waals surface area contributed by atoms with Gasteiger partial charge in [-0.2, -0.15) is 0 Å². The zero-order valence-electron chi connectivity index (χ0n) is 12.0. The van der Waals surface area contributed by atoms with E-state index in [0.717, 1.165) is 38.1 Å². The van der Waals surface area contributed by atoms with Crippen molar-refractivity contribution in [3.05, 3.63) is 29.8 Å². The lowest BCUT2D eigenvalue weighted by atomic mass is 10.1. The average Bonchev–Trinajstić information content (AvgIpc) is 2.40. The van der Waals surface area contributed by atoms with E-state index in [1.54, 1.807) is 0 Å². The number of nitrogens with zero attached hydrogens (tertiary/aromatic N) is 1. The van der Waals surface area contributed by atoms with Crippen LogP contribution in [0.15, 0.2) is 29.3 Å². The number of hydrogen-bond donors (Lipinski definition) is 2. The van der Waals surface area contributed by atoms with Crippen LogP contribution in [0.3, 0.4) is 0 Å². The Morgan fingerprint density at radius 3 is 2.95 bits per heavy atom. The molecule has 0 atom stereocenters. The zero-order chi connectivity index (χ0) is 13.9. The maximum Gasteiger partial charge on any atom is 0.188 e. The molecule has 4 nitrogen and oxygen atoms in total. The first-order valence-electron chi connectivity index (χ1n) is 7.01. The monoisotopic (exact) mass is 263 g/mol. The molecule has 0 aliphatic rings. The van der Waals surface area contributed by atoms with Crippen LogP contribution < -0.4 is 15.8 Å². The fourth-order valence-electron chi connectivity index (χ4n) is 1.71. The second-order valence-corrected chi connectivity index (χ2v) is 4.38. The summed E-state index contributed by atoms with van der Waals surface area (Å²) < 4.78 is 5.47. The van der Waals surface area contributed by atoms with Crippen molar-refractivity contribution >= 4 is 5.96 Å². The molecule has 0 aliphatic heterocycles. The summed E-state index contributed by atoms with van der Waals surface area (Å²) in [6.45, 7) is 6.41. The van der Waals surface area contributed by atoms with Crippen molar-refractivity contribution in [3.8, 4) is 5.75 Å². The first-order valence-corrected chi connectivity index (χ1v) is 7.01. The van der Waals surface area contributed by atoms with Gasteiger partial charge >= 0.3 is 0 Å². The molecule has 0 spiro atoms. The summed E-state index contributed by atoms with van der Waals surface area (Å²) in [4.78, 5) is 4.25. The SMILES string of the molecule is CCCCN=C(N)NCCc1cccc(OCC)c1. The highest BCUT2D eigenvalue weighted by atomic mass is 16.5. The highest BCUT2D eigenvalue weighted by Crippen LogP contribution is 2.13. The minimum absolute atomic E-state index is 0.536. The number of nitrogens with one attached hydrogen (secondary N) is 1. The molecule has 1 aromatic rings. The summed E-state index contributed by atoms with van der Waals surface area (Å²) in [5.41, 5.74) is 7.01. The molecule has 1 rings (SSSR count). The first-order chi connectivity index (χ1) is 9.26. The highest BCUT2D eigenvalue weighted by Gasteiger charge is 1.97. The van der Waals surface area contributed by atoms with Crippen molar-refractivity contribution in [1.82, 2.24) is 5.32 Å². The molecule has 0 fully saturated rings. The number of ether oxygens (including phenoxy) is 1. The third-order valence-corrected chi connectivity index (χ3v) is 2.72. The summed E-state index contributed by atoms with van der Waals surface area (Å²) in [5, 5.41) is 3.13. The number of rotatable bonds is 8. The van der Waals surface area contributed by atoms with Crippen molar-refractivity contribution in [2.75, 3.05) is 19.7 Å². The summed E-state index contributed by atoms with van der Waals surface area (Å²) in [6.07, 6.45) is 3.13. The lowest BCUT2D eigenvalue weighted by molar-refractivity contribution is 0.340. The van der Waals surface area contributed by atoms with Crippen LogP contribution >= 0.6 is 0 Å². The van der Waals surface area contributed by atoms with Crippen LogP contribution in [0.1, 0.15) is 32.3 Å². The van der Waals surface area contributed by atoms with Crippen molar-refractivity contribution in [2.45, 2.75) is 33.1 Å². The molecule has 0 saturated heterocycles. The van der Waals surface area contributed by atoms with Crippen LogP contribution in [-0.4, -0.2) is 25.7 Å². The summed E-state index contributed by atoms with van der Waals surface area (Å²) >= 11 is 0. The lowest BCUT2D eigenvalue weighted by Gasteiger charge is -2.08. The minimum atomic E-state index is 0.536. The summed E-state index contributed by atoms with van der Waals surface area (Å²) in [5.74, 6) is 1.46. The number of nitrogens with two attached hydrogens (primary N) is 1.